The quantitative estimate of drug-likeness (QED) is 0.632. The van der Waals surface area contributed by atoms with Crippen molar-refractivity contribution in [2.24, 2.45) is 5.92 Å². The van der Waals surface area contributed by atoms with Gasteiger partial charge in [0.15, 0.2) is 0 Å². The van der Waals surface area contributed by atoms with Crippen molar-refractivity contribution < 1.29 is 9.53 Å². The van der Waals surface area contributed by atoms with Gasteiger partial charge in [0, 0.05) is 12.7 Å². The molecule has 0 saturated heterocycles. The van der Waals surface area contributed by atoms with Gasteiger partial charge in [0.2, 0.25) is 0 Å². The monoisotopic (exact) mass is 384 g/mol. The maximum Gasteiger partial charge on any atom is 0.261 e. The second-order valence-electron chi connectivity index (χ2n) is 8.81. The molecule has 0 amide bonds. The van der Waals surface area contributed by atoms with Gasteiger partial charge < -0.3 is 9.53 Å². The SMILES string of the molecule is CC(CCC[C@H](C)CO)O[Si](c1ccccc1)(c1ccccc1)C(C)(C)C. The van der Waals surface area contributed by atoms with E-state index < -0.39 is 8.32 Å². The van der Waals surface area contributed by atoms with Crippen LogP contribution >= 0.6 is 0 Å². The van der Waals surface area contributed by atoms with Crippen molar-refractivity contribution in [2.75, 3.05) is 6.61 Å². The maximum absolute atomic E-state index is 9.27. The van der Waals surface area contributed by atoms with Crippen LogP contribution in [0.15, 0.2) is 60.7 Å². The molecule has 2 atom stereocenters. The third-order valence-corrected chi connectivity index (χ3v) is 10.6. The van der Waals surface area contributed by atoms with Gasteiger partial charge in [-0.25, -0.2) is 0 Å². The van der Waals surface area contributed by atoms with Gasteiger partial charge >= 0.3 is 0 Å². The molecule has 0 saturated carbocycles. The molecule has 0 aliphatic heterocycles. The molecular weight excluding hydrogens is 348 g/mol. The Bertz CT molecular complexity index is 624. The zero-order chi connectivity index (χ0) is 19.9. The molecule has 3 heteroatoms. The first kappa shape index (κ1) is 21.9. The average Bonchev–Trinajstić information content (AvgIpc) is 2.66. The van der Waals surface area contributed by atoms with E-state index in [4.69, 9.17) is 4.43 Å². The summed E-state index contributed by atoms with van der Waals surface area (Å²) in [5.41, 5.74) is 0. The molecule has 27 heavy (non-hydrogen) atoms. The highest BCUT2D eigenvalue weighted by molar-refractivity contribution is 6.99. The molecular formula is C24H36O2Si. The molecule has 0 spiro atoms. The first-order chi connectivity index (χ1) is 12.8. The van der Waals surface area contributed by atoms with Crippen LogP contribution in [0.5, 0.6) is 0 Å². The van der Waals surface area contributed by atoms with Crippen molar-refractivity contribution in [2.45, 2.75) is 65.0 Å². The van der Waals surface area contributed by atoms with Crippen molar-refractivity contribution in [3.05, 3.63) is 60.7 Å². The summed E-state index contributed by atoms with van der Waals surface area (Å²) in [5.74, 6) is 0.366. The van der Waals surface area contributed by atoms with Gasteiger partial charge in [-0.2, -0.15) is 0 Å². The second-order valence-corrected chi connectivity index (χ2v) is 13.1. The Balaban J connectivity index is 2.38. The molecule has 1 N–H and O–H groups in total. The molecule has 2 aromatic carbocycles. The van der Waals surface area contributed by atoms with Gasteiger partial charge in [-0.15, -0.1) is 0 Å². The molecule has 0 fully saturated rings. The number of aliphatic hydroxyl groups is 1. The zero-order valence-electron chi connectivity index (χ0n) is 17.6. The lowest BCUT2D eigenvalue weighted by molar-refractivity contribution is 0.181. The van der Waals surface area contributed by atoms with Crippen LogP contribution in [0.4, 0.5) is 0 Å². The molecule has 0 bridgehead atoms. The van der Waals surface area contributed by atoms with E-state index in [1.807, 2.05) is 0 Å². The van der Waals surface area contributed by atoms with E-state index in [0.29, 0.717) is 5.92 Å². The summed E-state index contributed by atoms with van der Waals surface area (Å²) >= 11 is 0. The zero-order valence-corrected chi connectivity index (χ0v) is 18.6. The molecule has 2 rings (SSSR count). The molecule has 0 aliphatic rings. The summed E-state index contributed by atoms with van der Waals surface area (Å²) in [4.78, 5) is 0. The molecule has 0 radical (unpaired) electrons. The predicted molar refractivity (Wildman–Crippen MR) is 118 cm³/mol. The number of benzene rings is 2. The Labute approximate surface area is 166 Å². The predicted octanol–water partition coefficient (Wildman–Crippen LogP) is 4.75. The van der Waals surface area contributed by atoms with E-state index in [9.17, 15) is 5.11 Å². The summed E-state index contributed by atoms with van der Waals surface area (Å²) in [6.07, 6.45) is 3.34. The van der Waals surface area contributed by atoms with Gasteiger partial charge in [0.05, 0.1) is 0 Å². The maximum atomic E-state index is 9.27. The Morgan fingerprint density at radius 2 is 1.33 bits per heavy atom. The number of hydrogen-bond acceptors (Lipinski definition) is 2. The van der Waals surface area contributed by atoms with Crippen LogP contribution in [0.25, 0.3) is 0 Å². The lowest BCUT2D eigenvalue weighted by atomic mass is 10.0. The fourth-order valence-corrected chi connectivity index (χ4v) is 8.63. The highest BCUT2D eigenvalue weighted by Crippen LogP contribution is 2.37. The van der Waals surface area contributed by atoms with Crippen LogP contribution in [0.3, 0.4) is 0 Å². The van der Waals surface area contributed by atoms with Crippen molar-refractivity contribution in [3.8, 4) is 0 Å². The van der Waals surface area contributed by atoms with Crippen molar-refractivity contribution in [1.82, 2.24) is 0 Å². The molecule has 0 heterocycles. The Kier molecular flexibility index (Phi) is 7.84. The molecule has 2 nitrogen and oxygen atoms in total. The van der Waals surface area contributed by atoms with Gasteiger partial charge in [-0.1, -0.05) is 94.8 Å². The highest BCUT2D eigenvalue weighted by Gasteiger charge is 2.50. The highest BCUT2D eigenvalue weighted by atomic mass is 28.4. The minimum absolute atomic E-state index is 0.0162. The lowest BCUT2D eigenvalue weighted by Gasteiger charge is -2.44. The standard InChI is InChI=1S/C24H36O2Si/c1-20(19-25)13-12-14-21(2)26-27(24(3,4)5,22-15-8-6-9-16-22)23-17-10-7-11-18-23/h6-11,15-18,20-21,25H,12-14,19H2,1-5H3/t20-,21?/m0/s1. The summed E-state index contributed by atoms with van der Waals surface area (Å²) in [6.45, 7) is 11.5. The summed E-state index contributed by atoms with van der Waals surface area (Å²) in [6, 6.07) is 21.6. The largest absolute Gasteiger partial charge is 0.405 e. The number of hydrogen-bond donors (Lipinski definition) is 1. The van der Waals surface area contributed by atoms with Crippen LogP contribution in [0, 0.1) is 5.92 Å². The average molecular weight is 385 g/mol. The van der Waals surface area contributed by atoms with E-state index >= 15 is 0 Å². The Hall–Kier alpha value is -1.42. The molecule has 2 aromatic rings. The minimum atomic E-state index is -2.45. The summed E-state index contributed by atoms with van der Waals surface area (Å²) in [7, 11) is -2.45. The number of rotatable bonds is 9. The third-order valence-electron chi connectivity index (χ3n) is 5.41. The van der Waals surface area contributed by atoms with Crippen LogP contribution in [0.1, 0.15) is 53.9 Å². The Morgan fingerprint density at radius 1 is 0.852 bits per heavy atom. The van der Waals surface area contributed by atoms with E-state index in [1.165, 1.54) is 10.4 Å². The van der Waals surface area contributed by atoms with E-state index in [-0.39, 0.29) is 17.7 Å². The summed E-state index contributed by atoms with van der Waals surface area (Å²) in [5, 5.41) is 11.9. The topological polar surface area (TPSA) is 29.5 Å². The van der Waals surface area contributed by atoms with Crippen molar-refractivity contribution >= 4 is 18.7 Å². The fourth-order valence-electron chi connectivity index (χ4n) is 3.90. The van der Waals surface area contributed by atoms with E-state index in [2.05, 4.69) is 95.3 Å². The first-order valence-electron chi connectivity index (χ1n) is 10.2. The van der Waals surface area contributed by atoms with Crippen LogP contribution in [0.2, 0.25) is 5.04 Å². The molecule has 0 aromatic heterocycles. The van der Waals surface area contributed by atoms with E-state index in [0.717, 1.165) is 19.3 Å². The van der Waals surface area contributed by atoms with Crippen molar-refractivity contribution in [1.29, 1.82) is 0 Å². The molecule has 1 unspecified atom stereocenters. The van der Waals surface area contributed by atoms with Gasteiger partial charge in [0.25, 0.3) is 8.32 Å². The fraction of sp³-hybridized carbons (Fsp3) is 0.500. The number of aliphatic hydroxyl groups excluding tert-OH is 1. The first-order valence-corrected chi connectivity index (χ1v) is 12.1. The second kappa shape index (κ2) is 9.68. The normalized spacial score (nSPS) is 14.7. The lowest BCUT2D eigenvalue weighted by Crippen LogP contribution is -2.67. The minimum Gasteiger partial charge on any atom is -0.405 e. The van der Waals surface area contributed by atoms with E-state index in [1.54, 1.807) is 0 Å². The third kappa shape index (κ3) is 5.31. The van der Waals surface area contributed by atoms with Crippen LogP contribution in [-0.2, 0) is 4.43 Å². The summed E-state index contributed by atoms with van der Waals surface area (Å²) < 4.78 is 7.07. The smallest absolute Gasteiger partial charge is 0.261 e. The van der Waals surface area contributed by atoms with Crippen LogP contribution < -0.4 is 10.4 Å². The van der Waals surface area contributed by atoms with Crippen molar-refractivity contribution in [3.63, 3.8) is 0 Å². The van der Waals surface area contributed by atoms with Gasteiger partial charge in [-0.05, 0) is 41.1 Å². The molecule has 0 aliphatic carbocycles. The molecule has 148 valence electrons. The Morgan fingerprint density at radius 3 is 1.74 bits per heavy atom. The van der Waals surface area contributed by atoms with Crippen LogP contribution in [-0.4, -0.2) is 26.1 Å². The van der Waals surface area contributed by atoms with Gasteiger partial charge in [-0.3, -0.25) is 0 Å². The van der Waals surface area contributed by atoms with Gasteiger partial charge in [0.1, 0.15) is 0 Å².